The van der Waals surface area contributed by atoms with Crippen LogP contribution in [-0.4, -0.2) is 51.1 Å². The molecular formula is C28H28F2N2O5. The van der Waals surface area contributed by atoms with E-state index in [0.717, 1.165) is 5.56 Å². The maximum Gasteiger partial charge on any atom is 0.256 e. The Balaban J connectivity index is 1.65. The zero-order chi connectivity index (χ0) is 26.5. The molecule has 37 heavy (non-hydrogen) atoms. The molecule has 0 bridgehead atoms. The zero-order valence-electron chi connectivity index (χ0n) is 20.8. The van der Waals surface area contributed by atoms with Gasteiger partial charge in [0.2, 0.25) is 11.7 Å². The number of amides is 2. The minimum absolute atomic E-state index is 0.0569. The minimum Gasteiger partial charge on any atom is -0.493 e. The largest absolute Gasteiger partial charge is 0.493 e. The van der Waals surface area contributed by atoms with E-state index >= 15 is 0 Å². The lowest BCUT2D eigenvalue weighted by Gasteiger charge is -2.21. The van der Waals surface area contributed by atoms with Crippen LogP contribution in [0.1, 0.15) is 27.4 Å². The van der Waals surface area contributed by atoms with Crippen molar-refractivity contribution in [2.45, 2.75) is 12.5 Å². The van der Waals surface area contributed by atoms with Crippen molar-refractivity contribution in [3.8, 4) is 17.2 Å². The van der Waals surface area contributed by atoms with E-state index in [1.54, 1.807) is 30.3 Å². The summed E-state index contributed by atoms with van der Waals surface area (Å²) in [5, 5.41) is 2.89. The highest BCUT2D eigenvalue weighted by Crippen LogP contribution is 2.43. The third-order valence-electron chi connectivity index (χ3n) is 6.54. The third kappa shape index (κ3) is 5.50. The van der Waals surface area contributed by atoms with E-state index in [0.29, 0.717) is 22.8 Å². The Morgan fingerprint density at radius 2 is 1.57 bits per heavy atom. The molecule has 0 aliphatic carbocycles. The summed E-state index contributed by atoms with van der Waals surface area (Å²) in [5.41, 5.74) is 1.38. The molecule has 194 valence electrons. The molecule has 1 heterocycles. The summed E-state index contributed by atoms with van der Waals surface area (Å²) in [4.78, 5) is 28.1. The number of nitrogens with zero attached hydrogens (tertiary/aromatic N) is 1. The average Bonchev–Trinajstić information content (AvgIpc) is 3.37. The molecule has 3 aromatic rings. The van der Waals surface area contributed by atoms with E-state index < -0.39 is 23.6 Å². The number of rotatable bonds is 8. The standard InChI is InChI=1S/C28H28F2N2O5/c1-35-24-12-18(13-25(36-2)26(24)37-3)21-15-32(28(34)20-6-4-5-7-23(20)30)16-22(21)27(33)31-14-17-8-10-19(29)11-9-17/h4-13,21-22H,14-16H2,1-3H3,(H,31,33). The molecule has 0 saturated carbocycles. The second kappa shape index (κ2) is 11.3. The minimum atomic E-state index is -0.640. The highest BCUT2D eigenvalue weighted by atomic mass is 19.1. The van der Waals surface area contributed by atoms with Crippen LogP contribution < -0.4 is 19.5 Å². The van der Waals surface area contributed by atoms with Crippen molar-refractivity contribution < 1.29 is 32.6 Å². The van der Waals surface area contributed by atoms with Crippen LogP contribution >= 0.6 is 0 Å². The second-order valence-electron chi connectivity index (χ2n) is 8.71. The number of methoxy groups -OCH3 is 3. The van der Waals surface area contributed by atoms with Gasteiger partial charge >= 0.3 is 0 Å². The first-order chi connectivity index (χ1) is 17.9. The van der Waals surface area contributed by atoms with Crippen molar-refractivity contribution in [1.82, 2.24) is 10.2 Å². The number of halogens is 2. The Bertz CT molecular complexity index is 1260. The first-order valence-corrected chi connectivity index (χ1v) is 11.7. The first kappa shape index (κ1) is 25.9. The molecule has 1 N–H and O–H groups in total. The van der Waals surface area contributed by atoms with Gasteiger partial charge in [0, 0.05) is 25.6 Å². The SMILES string of the molecule is COc1cc(C2CN(C(=O)c3ccccc3F)CC2C(=O)NCc2ccc(F)cc2)cc(OC)c1OC. The van der Waals surface area contributed by atoms with Crippen LogP contribution in [0.2, 0.25) is 0 Å². The van der Waals surface area contributed by atoms with Crippen LogP contribution in [-0.2, 0) is 11.3 Å². The van der Waals surface area contributed by atoms with Crippen LogP contribution in [0.5, 0.6) is 17.2 Å². The first-order valence-electron chi connectivity index (χ1n) is 11.7. The highest BCUT2D eigenvalue weighted by molar-refractivity contribution is 5.95. The van der Waals surface area contributed by atoms with Gasteiger partial charge < -0.3 is 24.4 Å². The molecule has 1 aliphatic heterocycles. The fraction of sp³-hybridized carbons (Fsp3) is 0.286. The van der Waals surface area contributed by atoms with Crippen molar-refractivity contribution in [1.29, 1.82) is 0 Å². The molecule has 7 nitrogen and oxygen atoms in total. The average molecular weight is 511 g/mol. The molecule has 2 unspecified atom stereocenters. The molecule has 0 aromatic heterocycles. The molecule has 0 radical (unpaired) electrons. The van der Waals surface area contributed by atoms with E-state index in [4.69, 9.17) is 14.2 Å². The number of ether oxygens (including phenoxy) is 3. The van der Waals surface area contributed by atoms with Crippen molar-refractivity contribution >= 4 is 11.8 Å². The Morgan fingerprint density at radius 1 is 0.919 bits per heavy atom. The van der Waals surface area contributed by atoms with Crippen LogP contribution in [0.15, 0.2) is 60.7 Å². The van der Waals surface area contributed by atoms with Gasteiger partial charge in [-0.25, -0.2) is 8.78 Å². The van der Waals surface area contributed by atoms with Gasteiger partial charge in [-0.1, -0.05) is 24.3 Å². The summed E-state index contributed by atoms with van der Waals surface area (Å²) in [6.45, 7) is 0.461. The zero-order valence-corrected chi connectivity index (χ0v) is 20.8. The molecule has 1 fully saturated rings. The molecule has 0 spiro atoms. The number of hydrogen-bond acceptors (Lipinski definition) is 5. The van der Waals surface area contributed by atoms with Gasteiger partial charge in [-0.05, 0) is 47.5 Å². The predicted octanol–water partition coefficient (Wildman–Crippen LogP) is 4.16. The van der Waals surface area contributed by atoms with E-state index in [9.17, 15) is 18.4 Å². The Hall–Kier alpha value is -4.14. The molecule has 1 saturated heterocycles. The van der Waals surface area contributed by atoms with Crippen molar-refractivity contribution in [3.63, 3.8) is 0 Å². The molecule has 9 heteroatoms. The summed E-state index contributed by atoms with van der Waals surface area (Å²) < 4.78 is 44.0. The summed E-state index contributed by atoms with van der Waals surface area (Å²) >= 11 is 0. The van der Waals surface area contributed by atoms with E-state index in [1.165, 1.54) is 56.6 Å². The Labute approximate surface area is 213 Å². The van der Waals surface area contributed by atoms with Crippen LogP contribution in [0.25, 0.3) is 0 Å². The molecule has 2 amide bonds. The number of likely N-dealkylation sites (tertiary alicyclic amines) is 1. The van der Waals surface area contributed by atoms with Crippen molar-refractivity contribution in [2.75, 3.05) is 34.4 Å². The summed E-state index contributed by atoms with van der Waals surface area (Å²) in [5.74, 6) is -1.60. The molecule has 1 aliphatic rings. The topological polar surface area (TPSA) is 77.1 Å². The Kier molecular flexibility index (Phi) is 7.91. The van der Waals surface area contributed by atoms with Gasteiger partial charge in [0.25, 0.3) is 5.91 Å². The van der Waals surface area contributed by atoms with Gasteiger partial charge in [0.15, 0.2) is 11.5 Å². The van der Waals surface area contributed by atoms with Gasteiger partial charge in [0.1, 0.15) is 11.6 Å². The highest BCUT2D eigenvalue weighted by Gasteiger charge is 2.41. The summed E-state index contributed by atoms with van der Waals surface area (Å²) in [7, 11) is 4.49. The smallest absolute Gasteiger partial charge is 0.256 e. The fourth-order valence-corrected chi connectivity index (χ4v) is 4.62. The monoisotopic (exact) mass is 510 g/mol. The number of nitrogens with one attached hydrogen (secondary N) is 1. The number of carbonyl (C=O) groups excluding carboxylic acids is 2. The maximum atomic E-state index is 14.4. The van der Waals surface area contributed by atoms with Crippen LogP contribution in [0.3, 0.4) is 0 Å². The van der Waals surface area contributed by atoms with Crippen molar-refractivity contribution in [3.05, 3.63) is 89.0 Å². The van der Waals surface area contributed by atoms with Crippen molar-refractivity contribution in [2.24, 2.45) is 5.92 Å². The Morgan fingerprint density at radius 3 is 2.16 bits per heavy atom. The number of carbonyl (C=O) groups is 2. The van der Waals surface area contributed by atoms with Gasteiger partial charge in [0.05, 0.1) is 32.8 Å². The van der Waals surface area contributed by atoms with Gasteiger partial charge in [-0.15, -0.1) is 0 Å². The quantitative estimate of drug-likeness (QED) is 0.493. The van der Waals surface area contributed by atoms with E-state index in [-0.39, 0.29) is 36.9 Å². The summed E-state index contributed by atoms with van der Waals surface area (Å²) in [6, 6.07) is 15.1. The van der Waals surface area contributed by atoms with Crippen LogP contribution in [0, 0.1) is 17.6 Å². The van der Waals surface area contributed by atoms with E-state index in [1.807, 2.05) is 0 Å². The molecule has 2 atom stereocenters. The normalized spacial score (nSPS) is 16.8. The second-order valence-corrected chi connectivity index (χ2v) is 8.71. The summed E-state index contributed by atoms with van der Waals surface area (Å²) in [6.07, 6.45) is 0. The predicted molar refractivity (Wildman–Crippen MR) is 133 cm³/mol. The van der Waals surface area contributed by atoms with Gasteiger partial charge in [-0.3, -0.25) is 9.59 Å². The lowest BCUT2D eigenvalue weighted by atomic mass is 9.87. The maximum absolute atomic E-state index is 14.4. The lowest BCUT2D eigenvalue weighted by molar-refractivity contribution is -0.125. The lowest BCUT2D eigenvalue weighted by Crippen LogP contribution is -2.35. The fourth-order valence-electron chi connectivity index (χ4n) is 4.62. The molecule has 4 rings (SSSR count). The van der Waals surface area contributed by atoms with Crippen LogP contribution in [0.4, 0.5) is 8.78 Å². The van der Waals surface area contributed by atoms with E-state index in [2.05, 4.69) is 5.32 Å². The molecule has 3 aromatic carbocycles. The number of hydrogen-bond donors (Lipinski definition) is 1. The third-order valence-corrected chi connectivity index (χ3v) is 6.54. The number of benzene rings is 3. The molecular weight excluding hydrogens is 482 g/mol. The van der Waals surface area contributed by atoms with Gasteiger partial charge in [-0.2, -0.15) is 0 Å².